The molecule has 3 aromatic heterocycles. The summed E-state index contributed by atoms with van der Waals surface area (Å²) >= 11 is 8.12. The van der Waals surface area contributed by atoms with Crippen LogP contribution in [0.2, 0.25) is 5.02 Å². The first kappa shape index (κ1) is 18.5. The third kappa shape index (κ3) is 2.90. The number of aromatic nitrogens is 3. The number of aliphatic hydroxyl groups is 1. The van der Waals surface area contributed by atoms with Gasteiger partial charge in [0.25, 0.3) is 0 Å². The summed E-state index contributed by atoms with van der Waals surface area (Å²) in [5, 5.41) is 16.5. The maximum Gasteiger partial charge on any atom is 0.138 e. The van der Waals surface area contributed by atoms with Gasteiger partial charge in [0.05, 0.1) is 9.90 Å². The van der Waals surface area contributed by atoms with Crippen LogP contribution in [0, 0.1) is 0 Å². The molecule has 152 valence electrons. The smallest absolute Gasteiger partial charge is 0.138 e. The van der Waals surface area contributed by atoms with Crippen molar-refractivity contribution in [1.82, 2.24) is 20.3 Å². The fourth-order valence-electron chi connectivity index (χ4n) is 4.43. The topological polar surface area (TPSA) is 73.8 Å². The molecule has 3 N–H and O–H groups in total. The zero-order valence-corrected chi connectivity index (χ0v) is 17.9. The number of benzene rings is 1. The van der Waals surface area contributed by atoms with Gasteiger partial charge in [-0.2, -0.15) is 0 Å². The number of nitrogens with one attached hydrogen (secondary N) is 2. The number of thiazole rings is 1. The van der Waals surface area contributed by atoms with Crippen molar-refractivity contribution in [2.75, 3.05) is 6.54 Å². The van der Waals surface area contributed by atoms with Crippen LogP contribution in [-0.4, -0.2) is 26.6 Å². The number of rotatable bonds is 3. The Labute approximate surface area is 183 Å². The van der Waals surface area contributed by atoms with E-state index in [0.717, 1.165) is 76.5 Å². The fourth-order valence-corrected chi connectivity index (χ4v) is 5.88. The summed E-state index contributed by atoms with van der Waals surface area (Å²) in [5.74, 6) is 0. The van der Waals surface area contributed by atoms with Crippen LogP contribution < -0.4 is 5.32 Å². The molecule has 2 aliphatic rings. The number of aromatic amines is 1. The number of fused-ring (bicyclic) bond motifs is 2. The van der Waals surface area contributed by atoms with Gasteiger partial charge in [0.2, 0.25) is 0 Å². The maximum atomic E-state index is 10.7. The number of nitrogens with zero attached hydrogens (tertiary/aromatic N) is 2. The van der Waals surface area contributed by atoms with Crippen LogP contribution in [0.5, 0.6) is 0 Å². The first-order valence-corrected chi connectivity index (χ1v) is 11.5. The van der Waals surface area contributed by atoms with Crippen LogP contribution in [0.15, 0.2) is 36.7 Å². The molecule has 30 heavy (non-hydrogen) atoms. The van der Waals surface area contributed by atoms with Crippen molar-refractivity contribution in [3.63, 3.8) is 0 Å². The lowest BCUT2D eigenvalue weighted by atomic mass is 9.81. The number of hydrogen-bond donors (Lipinski definition) is 3. The van der Waals surface area contributed by atoms with Crippen molar-refractivity contribution in [3.8, 4) is 21.7 Å². The Morgan fingerprint density at radius 1 is 1.10 bits per heavy atom. The molecule has 0 bridgehead atoms. The minimum Gasteiger partial charge on any atom is -0.383 e. The van der Waals surface area contributed by atoms with E-state index in [4.69, 9.17) is 11.6 Å². The Morgan fingerprint density at radius 3 is 2.83 bits per heavy atom. The van der Waals surface area contributed by atoms with Crippen LogP contribution >= 0.6 is 22.9 Å². The van der Waals surface area contributed by atoms with E-state index in [9.17, 15) is 5.11 Å². The van der Waals surface area contributed by atoms with Gasteiger partial charge >= 0.3 is 0 Å². The standard InChI is InChI=1S/C23H21ClN4OS/c24-17-11-26-21-16(20(17)19-12-27-22(30-19)23(29)5-1-6-23)9-18(28-21)14-3-2-13-4-7-25-10-15(13)8-14/h2-3,8-9,11-12,25,29H,1,4-7,10H2,(H,26,28). The SMILES string of the molecule is OC1(c2ncc(-c3c(Cl)cnc4[nH]c(-c5ccc6c(c5)CNCC6)cc34)s2)CCC1. The molecule has 6 rings (SSSR count). The summed E-state index contributed by atoms with van der Waals surface area (Å²) in [7, 11) is 0. The summed E-state index contributed by atoms with van der Waals surface area (Å²) < 4.78 is 0. The molecule has 0 saturated heterocycles. The van der Waals surface area contributed by atoms with Gasteiger partial charge in [-0.25, -0.2) is 9.97 Å². The van der Waals surface area contributed by atoms with Crippen molar-refractivity contribution in [3.05, 3.63) is 57.8 Å². The van der Waals surface area contributed by atoms with Crippen molar-refractivity contribution in [1.29, 1.82) is 0 Å². The summed E-state index contributed by atoms with van der Waals surface area (Å²) in [6, 6.07) is 8.78. The average molecular weight is 437 g/mol. The van der Waals surface area contributed by atoms with Crippen LogP contribution in [0.4, 0.5) is 0 Å². The second-order valence-corrected chi connectivity index (χ2v) is 9.69. The molecule has 1 fully saturated rings. The lowest BCUT2D eigenvalue weighted by molar-refractivity contribution is -0.0389. The van der Waals surface area contributed by atoms with E-state index >= 15 is 0 Å². The summed E-state index contributed by atoms with van der Waals surface area (Å²) in [6.45, 7) is 1.95. The van der Waals surface area contributed by atoms with Crippen molar-refractivity contribution >= 4 is 34.0 Å². The number of hydrogen-bond acceptors (Lipinski definition) is 5. The van der Waals surface area contributed by atoms with Crippen LogP contribution in [0.25, 0.3) is 32.7 Å². The molecule has 5 nitrogen and oxygen atoms in total. The predicted molar refractivity (Wildman–Crippen MR) is 121 cm³/mol. The molecule has 1 aliphatic carbocycles. The van der Waals surface area contributed by atoms with Gasteiger partial charge in [-0.15, -0.1) is 11.3 Å². The van der Waals surface area contributed by atoms with E-state index in [1.54, 1.807) is 6.20 Å². The molecular formula is C23H21ClN4OS. The zero-order valence-electron chi connectivity index (χ0n) is 16.3. The third-order valence-electron chi connectivity index (χ3n) is 6.35. The molecule has 4 aromatic rings. The highest BCUT2D eigenvalue weighted by Crippen LogP contribution is 2.46. The van der Waals surface area contributed by atoms with Crippen LogP contribution in [0.1, 0.15) is 35.4 Å². The van der Waals surface area contributed by atoms with E-state index in [1.165, 1.54) is 22.5 Å². The largest absolute Gasteiger partial charge is 0.383 e. The van der Waals surface area contributed by atoms with Gasteiger partial charge < -0.3 is 15.4 Å². The highest BCUT2D eigenvalue weighted by atomic mass is 35.5. The summed E-state index contributed by atoms with van der Waals surface area (Å²) in [5.41, 5.74) is 5.91. The number of halogens is 1. The predicted octanol–water partition coefficient (Wildman–Crippen LogP) is 5.02. The lowest BCUT2D eigenvalue weighted by Crippen LogP contribution is -2.33. The Morgan fingerprint density at radius 2 is 2.00 bits per heavy atom. The first-order valence-electron chi connectivity index (χ1n) is 10.3. The lowest BCUT2D eigenvalue weighted by Gasteiger charge is -2.34. The van der Waals surface area contributed by atoms with E-state index in [2.05, 4.69) is 44.5 Å². The molecule has 1 aliphatic heterocycles. The number of H-pyrrole nitrogens is 1. The van der Waals surface area contributed by atoms with E-state index in [1.807, 2.05) is 6.20 Å². The second kappa shape index (κ2) is 6.89. The van der Waals surface area contributed by atoms with E-state index in [-0.39, 0.29) is 0 Å². The quantitative estimate of drug-likeness (QED) is 0.421. The molecular weight excluding hydrogens is 416 g/mol. The third-order valence-corrected chi connectivity index (χ3v) is 7.84. The molecule has 0 amide bonds. The molecule has 0 unspecified atom stereocenters. The minimum atomic E-state index is -0.762. The van der Waals surface area contributed by atoms with E-state index < -0.39 is 5.60 Å². The highest BCUT2D eigenvalue weighted by Gasteiger charge is 2.39. The Kier molecular flexibility index (Phi) is 4.25. The molecule has 1 aromatic carbocycles. The fraction of sp³-hybridized carbons (Fsp3) is 0.304. The minimum absolute atomic E-state index is 0.596. The summed E-state index contributed by atoms with van der Waals surface area (Å²) in [4.78, 5) is 13.5. The average Bonchev–Trinajstić information content (AvgIpc) is 3.39. The number of pyridine rings is 1. The molecule has 0 spiro atoms. The van der Waals surface area contributed by atoms with Gasteiger partial charge in [0, 0.05) is 35.6 Å². The molecule has 1 saturated carbocycles. The molecule has 0 radical (unpaired) electrons. The second-order valence-electron chi connectivity index (χ2n) is 8.25. The zero-order chi connectivity index (χ0) is 20.3. The van der Waals surface area contributed by atoms with Gasteiger partial charge in [0.15, 0.2) is 0 Å². The Balaban J connectivity index is 1.45. The van der Waals surface area contributed by atoms with Gasteiger partial charge in [-0.3, -0.25) is 0 Å². The Hall–Kier alpha value is -2.25. The van der Waals surface area contributed by atoms with Gasteiger partial charge in [-0.1, -0.05) is 23.7 Å². The van der Waals surface area contributed by atoms with Gasteiger partial charge in [-0.05, 0) is 61.1 Å². The molecule has 0 atom stereocenters. The summed E-state index contributed by atoms with van der Waals surface area (Å²) in [6.07, 6.45) is 7.19. The van der Waals surface area contributed by atoms with Crippen molar-refractivity contribution < 1.29 is 5.11 Å². The van der Waals surface area contributed by atoms with E-state index in [0.29, 0.717) is 5.02 Å². The van der Waals surface area contributed by atoms with Crippen LogP contribution in [-0.2, 0) is 18.6 Å². The van der Waals surface area contributed by atoms with Crippen molar-refractivity contribution in [2.24, 2.45) is 0 Å². The highest BCUT2D eigenvalue weighted by molar-refractivity contribution is 7.15. The molecule has 7 heteroatoms. The van der Waals surface area contributed by atoms with Gasteiger partial charge in [0.1, 0.15) is 16.3 Å². The normalized spacial score (nSPS) is 17.7. The van der Waals surface area contributed by atoms with Crippen molar-refractivity contribution in [2.45, 2.75) is 37.8 Å². The molecule has 4 heterocycles. The van der Waals surface area contributed by atoms with Crippen LogP contribution in [0.3, 0.4) is 0 Å². The first-order chi connectivity index (χ1) is 14.6. The Bertz CT molecular complexity index is 1270. The maximum absolute atomic E-state index is 10.7. The monoisotopic (exact) mass is 436 g/mol.